The van der Waals surface area contributed by atoms with Crippen LogP contribution in [-0.2, 0) is 11.2 Å². The fraction of sp³-hybridized carbons (Fsp3) is 0.545. The van der Waals surface area contributed by atoms with Gasteiger partial charge in [-0.05, 0) is 53.8 Å². The van der Waals surface area contributed by atoms with E-state index in [0.29, 0.717) is 0 Å². The second kappa shape index (κ2) is 4.58. The van der Waals surface area contributed by atoms with E-state index in [-0.39, 0.29) is 0 Å². The number of aryl methyl sites for hydroxylation is 1. The summed E-state index contributed by atoms with van der Waals surface area (Å²) in [5.41, 5.74) is 1.27. The van der Waals surface area contributed by atoms with E-state index in [1.807, 2.05) is 5.38 Å². The quantitative estimate of drug-likeness (QED) is 0.881. The first-order chi connectivity index (χ1) is 7.23. The van der Waals surface area contributed by atoms with Crippen LogP contribution in [0.15, 0.2) is 16.8 Å². The largest absolute Gasteiger partial charge is 0.480 e. The summed E-state index contributed by atoms with van der Waals surface area (Å²) < 4.78 is -0.498. The molecule has 1 aromatic heterocycles. The minimum atomic E-state index is -0.625. The molecule has 2 rings (SSSR count). The monoisotopic (exact) mass is 242 g/mol. The average Bonchev–Trinajstić information content (AvgIpc) is 2.87. The molecule has 0 saturated carbocycles. The van der Waals surface area contributed by atoms with E-state index in [1.165, 1.54) is 5.56 Å². The van der Waals surface area contributed by atoms with Gasteiger partial charge < -0.3 is 5.11 Å². The van der Waals surface area contributed by atoms with E-state index < -0.39 is 10.7 Å². The minimum absolute atomic E-state index is 0.498. The molecule has 1 unspecified atom stereocenters. The Morgan fingerprint density at radius 3 is 3.00 bits per heavy atom. The van der Waals surface area contributed by atoms with Gasteiger partial charge in [-0.1, -0.05) is 0 Å². The number of hydrogen-bond acceptors (Lipinski definition) is 3. The number of aliphatic carboxylic acids is 1. The number of rotatable bonds is 4. The van der Waals surface area contributed by atoms with E-state index in [4.69, 9.17) is 0 Å². The van der Waals surface area contributed by atoms with Gasteiger partial charge >= 0.3 is 5.97 Å². The number of carboxylic acids is 1. The summed E-state index contributed by atoms with van der Waals surface area (Å²) in [4.78, 5) is 11.3. The predicted octanol–water partition coefficient (Wildman–Crippen LogP) is 3.03. The molecule has 4 heteroatoms. The lowest BCUT2D eigenvalue weighted by Crippen LogP contribution is -2.32. The van der Waals surface area contributed by atoms with Gasteiger partial charge in [0.1, 0.15) is 4.75 Å². The van der Waals surface area contributed by atoms with Gasteiger partial charge in [-0.15, -0.1) is 11.8 Å². The first-order valence-corrected chi connectivity index (χ1v) is 7.04. The van der Waals surface area contributed by atoms with Crippen molar-refractivity contribution in [1.82, 2.24) is 0 Å². The molecule has 0 amide bonds. The van der Waals surface area contributed by atoms with Crippen molar-refractivity contribution in [3.63, 3.8) is 0 Å². The standard InChI is InChI=1S/C11H14O2S2/c12-10(13)11(4-1-6-15-11)5-2-9-3-7-14-8-9/h3,7-8H,1-2,4-6H2,(H,12,13). The summed E-state index contributed by atoms with van der Waals surface area (Å²) in [6.45, 7) is 0. The fourth-order valence-corrected chi connectivity index (χ4v) is 3.99. The number of thioether (sulfide) groups is 1. The zero-order valence-electron chi connectivity index (χ0n) is 8.44. The second-order valence-corrected chi connectivity index (χ2v) is 6.14. The third-order valence-electron chi connectivity index (χ3n) is 2.89. The van der Waals surface area contributed by atoms with Crippen LogP contribution >= 0.6 is 23.1 Å². The van der Waals surface area contributed by atoms with Crippen molar-refractivity contribution in [1.29, 1.82) is 0 Å². The highest BCUT2D eigenvalue weighted by atomic mass is 32.2. The molecule has 1 fully saturated rings. The van der Waals surface area contributed by atoms with Crippen molar-refractivity contribution in [3.05, 3.63) is 22.4 Å². The van der Waals surface area contributed by atoms with Gasteiger partial charge in [0.2, 0.25) is 0 Å². The highest BCUT2D eigenvalue weighted by Crippen LogP contribution is 2.42. The molecule has 0 bridgehead atoms. The predicted molar refractivity (Wildman–Crippen MR) is 64.7 cm³/mol. The van der Waals surface area contributed by atoms with Gasteiger partial charge in [-0.3, -0.25) is 4.79 Å². The Labute approximate surface area is 97.7 Å². The average molecular weight is 242 g/mol. The van der Waals surface area contributed by atoms with Gasteiger partial charge in [0.15, 0.2) is 0 Å². The Balaban J connectivity index is 1.99. The molecule has 1 saturated heterocycles. The molecule has 82 valence electrons. The van der Waals surface area contributed by atoms with E-state index in [1.54, 1.807) is 23.1 Å². The van der Waals surface area contributed by atoms with Crippen LogP contribution in [0.2, 0.25) is 0 Å². The highest BCUT2D eigenvalue weighted by molar-refractivity contribution is 8.01. The molecule has 1 atom stereocenters. The summed E-state index contributed by atoms with van der Waals surface area (Å²) in [6.07, 6.45) is 3.53. The molecule has 1 N–H and O–H groups in total. The van der Waals surface area contributed by atoms with Crippen molar-refractivity contribution in [2.75, 3.05) is 5.75 Å². The number of hydrogen-bond donors (Lipinski definition) is 1. The van der Waals surface area contributed by atoms with Gasteiger partial charge in [0.05, 0.1) is 0 Å². The van der Waals surface area contributed by atoms with E-state index in [2.05, 4.69) is 11.4 Å². The summed E-state index contributed by atoms with van der Waals surface area (Å²) >= 11 is 3.30. The van der Waals surface area contributed by atoms with Crippen LogP contribution in [-0.4, -0.2) is 21.6 Å². The maximum absolute atomic E-state index is 11.3. The molecule has 1 aromatic rings. The van der Waals surface area contributed by atoms with E-state index >= 15 is 0 Å². The molecule has 0 spiro atoms. The third-order valence-corrected chi connectivity index (χ3v) is 5.25. The topological polar surface area (TPSA) is 37.3 Å². The Morgan fingerprint density at radius 1 is 1.60 bits per heavy atom. The molecule has 0 aliphatic carbocycles. The Bertz CT molecular complexity index is 326. The van der Waals surface area contributed by atoms with Crippen LogP contribution in [0.1, 0.15) is 24.8 Å². The molecular weight excluding hydrogens is 228 g/mol. The maximum atomic E-state index is 11.3. The molecule has 2 heterocycles. The minimum Gasteiger partial charge on any atom is -0.480 e. The second-order valence-electron chi connectivity index (χ2n) is 3.88. The molecular formula is C11H14O2S2. The molecule has 1 aliphatic heterocycles. The van der Waals surface area contributed by atoms with Crippen molar-refractivity contribution < 1.29 is 9.90 Å². The van der Waals surface area contributed by atoms with Crippen molar-refractivity contribution in [3.8, 4) is 0 Å². The van der Waals surface area contributed by atoms with Crippen LogP contribution < -0.4 is 0 Å². The first-order valence-electron chi connectivity index (χ1n) is 5.11. The van der Waals surface area contributed by atoms with Crippen molar-refractivity contribution in [2.45, 2.75) is 30.4 Å². The van der Waals surface area contributed by atoms with Crippen LogP contribution in [0.4, 0.5) is 0 Å². The van der Waals surface area contributed by atoms with Gasteiger partial charge in [-0.2, -0.15) is 11.3 Å². The fourth-order valence-electron chi connectivity index (χ4n) is 1.95. The molecule has 0 radical (unpaired) electrons. The lowest BCUT2D eigenvalue weighted by atomic mass is 9.96. The smallest absolute Gasteiger partial charge is 0.319 e. The third kappa shape index (κ3) is 2.37. The summed E-state index contributed by atoms with van der Waals surface area (Å²) in [5, 5.41) is 13.4. The van der Waals surface area contributed by atoms with Gasteiger partial charge in [0.25, 0.3) is 0 Å². The molecule has 15 heavy (non-hydrogen) atoms. The van der Waals surface area contributed by atoms with E-state index in [0.717, 1.165) is 31.4 Å². The lowest BCUT2D eigenvalue weighted by molar-refractivity contribution is -0.140. The summed E-state index contributed by atoms with van der Waals surface area (Å²) in [5.74, 6) is 0.371. The Morgan fingerprint density at radius 2 is 2.47 bits per heavy atom. The lowest BCUT2D eigenvalue weighted by Gasteiger charge is -2.22. The van der Waals surface area contributed by atoms with Gasteiger partial charge in [-0.25, -0.2) is 0 Å². The zero-order valence-corrected chi connectivity index (χ0v) is 10.1. The van der Waals surface area contributed by atoms with Gasteiger partial charge in [0, 0.05) is 0 Å². The first kappa shape index (κ1) is 11.0. The SMILES string of the molecule is O=C(O)C1(CCc2ccsc2)CCCS1. The molecule has 2 nitrogen and oxygen atoms in total. The Kier molecular flexibility index (Phi) is 3.36. The van der Waals surface area contributed by atoms with Crippen LogP contribution in [0.5, 0.6) is 0 Å². The maximum Gasteiger partial charge on any atom is 0.319 e. The van der Waals surface area contributed by atoms with E-state index in [9.17, 15) is 9.90 Å². The summed E-state index contributed by atoms with van der Waals surface area (Å²) in [6, 6.07) is 2.08. The van der Waals surface area contributed by atoms with Crippen molar-refractivity contribution >= 4 is 29.1 Å². The number of carboxylic acid groups (broad SMARTS) is 1. The number of thiophene rings is 1. The number of carbonyl (C=O) groups is 1. The van der Waals surface area contributed by atoms with Crippen LogP contribution in [0.3, 0.4) is 0 Å². The zero-order chi connectivity index (χ0) is 10.7. The highest BCUT2D eigenvalue weighted by Gasteiger charge is 2.41. The van der Waals surface area contributed by atoms with Crippen LogP contribution in [0, 0.1) is 0 Å². The summed E-state index contributed by atoms with van der Waals surface area (Å²) in [7, 11) is 0. The van der Waals surface area contributed by atoms with Crippen LogP contribution in [0.25, 0.3) is 0 Å². The Hall–Kier alpha value is -0.480. The van der Waals surface area contributed by atoms with Crippen molar-refractivity contribution in [2.24, 2.45) is 0 Å². The normalized spacial score (nSPS) is 25.6. The molecule has 1 aliphatic rings. The molecule has 0 aromatic carbocycles.